The van der Waals surface area contributed by atoms with Gasteiger partial charge in [0.1, 0.15) is 0 Å². The Morgan fingerprint density at radius 1 is 1.54 bits per heavy atom. The third-order valence-corrected chi connectivity index (χ3v) is 2.95. The first-order chi connectivity index (χ1) is 6.25. The van der Waals surface area contributed by atoms with E-state index in [1.165, 1.54) is 6.42 Å². The molecule has 0 spiro atoms. The van der Waals surface area contributed by atoms with E-state index in [0.29, 0.717) is 5.91 Å². The second kappa shape index (κ2) is 5.53. The summed E-state index contributed by atoms with van der Waals surface area (Å²) in [4.78, 5) is 13.6. The van der Waals surface area contributed by atoms with Crippen molar-refractivity contribution in [3.8, 4) is 0 Å². The summed E-state index contributed by atoms with van der Waals surface area (Å²) >= 11 is 4.16. The molecule has 1 rings (SSSR count). The zero-order valence-electron chi connectivity index (χ0n) is 8.33. The fourth-order valence-electron chi connectivity index (χ4n) is 1.77. The lowest BCUT2D eigenvalue weighted by Gasteiger charge is -2.30. The Kier molecular flexibility index (Phi) is 4.64. The maximum absolute atomic E-state index is 11.6. The average Bonchev–Trinajstić information content (AvgIpc) is 2.13. The second-order valence-electron chi connectivity index (χ2n) is 3.80. The van der Waals surface area contributed by atoms with E-state index < -0.39 is 0 Å². The zero-order valence-corrected chi connectivity index (χ0v) is 9.22. The van der Waals surface area contributed by atoms with E-state index in [9.17, 15) is 4.79 Å². The highest BCUT2D eigenvalue weighted by atomic mass is 32.1. The Labute approximate surface area is 86.1 Å². The van der Waals surface area contributed by atoms with Crippen LogP contribution in [0.15, 0.2) is 0 Å². The van der Waals surface area contributed by atoms with Crippen molar-refractivity contribution in [3.05, 3.63) is 0 Å². The molecule has 1 heterocycles. The average molecular weight is 201 g/mol. The van der Waals surface area contributed by atoms with Gasteiger partial charge in [-0.15, -0.1) is 0 Å². The van der Waals surface area contributed by atoms with Gasteiger partial charge in [0.25, 0.3) is 0 Å². The standard InChI is InChI=1S/C10H19NOS/c1-9-5-4-7-11(10(9)12)6-2-3-8-13/h9,13H,2-8H2,1H3. The highest BCUT2D eigenvalue weighted by Gasteiger charge is 2.23. The summed E-state index contributed by atoms with van der Waals surface area (Å²) < 4.78 is 0. The Balaban J connectivity index is 2.27. The summed E-state index contributed by atoms with van der Waals surface area (Å²) in [6.45, 7) is 3.94. The Morgan fingerprint density at radius 2 is 2.31 bits per heavy atom. The van der Waals surface area contributed by atoms with Crippen LogP contribution in [-0.2, 0) is 4.79 Å². The number of thiol groups is 1. The van der Waals surface area contributed by atoms with Gasteiger partial charge in [0.05, 0.1) is 0 Å². The number of hydrogen-bond acceptors (Lipinski definition) is 2. The number of carbonyl (C=O) groups excluding carboxylic acids is 1. The van der Waals surface area contributed by atoms with Gasteiger partial charge < -0.3 is 4.90 Å². The van der Waals surface area contributed by atoms with Crippen LogP contribution in [0.2, 0.25) is 0 Å². The molecule has 76 valence electrons. The lowest BCUT2D eigenvalue weighted by Crippen LogP contribution is -2.40. The van der Waals surface area contributed by atoms with E-state index in [1.54, 1.807) is 0 Å². The molecule has 1 aliphatic rings. The number of nitrogens with zero attached hydrogens (tertiary/aromatic N) is 1. The molecule has 0 aromatic rings. The molecule has 0 bridgehead atoms. The van der Waals surface area contributed by atoms with E-state index >= 15 is 0 Å². The van der Waals surface area contributed by atoms with Gasteiger partial charge in [0.2, 0.25) is 5.91 Å². The van der Waals surface area contributed by atoms with Crippen molar-refractivity contribution in [1.29, 1.82) is 0 Å². The summed E-state index contributed by atoms with van der Waals surface area (Å²) in [7, 11) is 0. The topological polar surface area (TPSA) is 20.3 Å². The number of rotatable bonds is 4. The van der Waals surface area contributed by atoms with Crippen molar-refractivity contribution in [3.63, 3.8) is 0 Å². The van der Waals surface area contributed by atoms with Gasteiger partial charge >= 0.3 is 0 Å². The summed E-state index contributed by atoms with van der Waals surface area (Å²) in [6.07, 6.45) is 4.46. The second-order valence-corrected chi connectivity index (χ2v) is 4.25. The van der Waals surface area contributed by atoms with Crippen molar-refractivity contribution in [2.24, 2.45) is 5.92 Å². The molecule has 3 heteroatoms. The van der Waals surface area contributed by atoms with Crippen LogP contribution in [-0.4, -0.2) is 29.6 Å². The summed E-state index contributed by atoms with van der Waals surface area (Å²) in [5.74, 6) is 1.53. The van der Waals surface area contributed by atoms with Crippen LogP contribution >= 0.6 is 12.6 Å². The molecule has 0 aromatic carbocycles. The van der Waals surface area contributed by atoms with Gasteiger partial charge in [-0.3, -0.25) is 4.79 Å². The smallest absolute Gasteiger partial charge is 0.225 e. The van der Waals surface area contributed by atoms with E-state index in [1.807, 2.05) is 11.8 Å². The normalized spacial score (nSPS) is 23.7. The molecule has 1 aliphatic heterocycles. The SMILES string of the molecule is CC1CCCN(CCCCS)C1=O. The molecule has 1 saturated heterocycles. The number of carbonyl (C=O) groups is 1. The van der Waals surface area contributed by atoms with Crippen LogP contribution < -0.4 is 0 Å². The van der Waals surface area contributed by atoms with Crippen LogP contribution in [0.1, 0.15) is 32.6 Å². The molecular formula is C10H19NOS. The lowest BCUT2D eigenvalue weighted by molar-refractivity contribution is -0.137. The molecule has 0 radical (unpaired) electrons. The number of amides is 1. The lowest BCUT2D eigenvalue weighted by atomic mass is 9.99. The van der Waals surface area contributed by atoms with Crippen LogP contribution in [0, 0.1) is 5.92 Å². The van der Waals surface area contributed by atoms with Crippen molar-refractivity contribution in [1.82, 2.24) is 4.90 Å². The number of hydrogen-bond donors (Lipinski definition) is 1. The Hall–Kier alpha value is -0.180. The Morgan fingerprint density at radius 3 is 3.00 bits per heavy atom. The van der Waals surface area contributed by atoms with Crippen molar-refractivity contribution >= 4 is 18.5 Å². The van der Waals surface area contributed by atoms with Gasteiger partial charge in [0.15, 0.2) is 0 Å². The van der Waals surface area contributed by atoms with Crippen molar-refractivity contribution in [2.75, 3.05) is 18.8 Å². The monoisotopic (exact) mass is 201 g/mol. The molecule has 13 heavy (non-hydrogen) atoms. The van der Waals surface area contributed by atoms with Gasteiger partial charge in [0, 0.05) is 19.0 Å². The molecule has 0 N–H and O–H groups in total. The van der Waals surface area contributed by atoms with Gasteiger partial charge in [-0.1, -0.05) is 6.92 Å². The fourth-order valence-corrected chi connectivity index (χ4v) is 1.99. The van der Waals surface area contributed by atoms with E-state index in [0.717, 1.165) is 38.1 Å². The van der Waals surface area contributed by atoms with Crippen LogP contribution in [0.25, 0.3) is 0 Å². The van der Waals surface area contributed by atoms with Crippen molar-refractivity contribution < 1.29 is 4.79 Å². The first-order valence-corrected chi connectivity index (χ1v) is 5.78. The minimum atomic E-state index is 0.254. The third-order valence-electron chi connectivity index (χ3n) is 2.63. The molecule has 2 nitrogen and oxygen atoms in total. The minimum Gasteiger partial charge on any atom is -0.342 e. The third kappa shape index (κ3) is 3.22. The van der Waals surface area contributed by atoms with E-state index in [2.05, 4.69) is 12.6 Å². The molecule has 0 aromatic heterocycles. The molecule has 0 saturated carbocycles. The van der Waals surface area contributed by atoms with Gasteiger partial charge in [-0.25, -0.2) is 0 Å². The van der Waals surface area contributed by atoms with Gasteiger partial charge in [-0.2, -0.15) is 12.6 Å². The predicted molar refractivity (Wildman–Crippen MR) is 58.1 cm³/mol. The molecule has 1 amide bonds. The van der Waals surface area contributed by atoms with Crippen LogP contribution in [0.4, 0.5) is 0 Å². The summed E-state index contributed by atoms with van der Waals surface area (Å²) in [5, 5.41) is 0. The van der Waals surface area contributed by atoms with Crippen LogP contribution in [0.3, 0.4) is 0 Å². The number of piperidine rings is 1. The first kappa shape index (κ1) is 10.9. The van der Waals surface area contributed by atoms with E-state index in [4.69, 9.17) is 0 Å². The maximum Gasteiger partial charge on any atom is 0.225 e. The van der Waals surface area contributed by atoms with Crippen LogP contribution in [0.5, 0.6) is 0 Å². The summed E-state index contributed by atoms with van der Waals surface area (Å²) in [6, 6.07) is 0. The first-order valence-electron chi connectivity index (χ1n) is 5.15. The summed E-state index contributed by atoms with van der Waals surface area (Å²) in [5.41, 5.74) is 0. The quantitative estimate of drug-likeness (QED) is 0.544. The molecular weight excluding hydrogens is 182 g/mol. The highest BCUT2D eigenvalue weighted by molar-refractivity contribution is 7.80. The number of unbranched alkanes of at least 4 members (excludes halogenated alkanes) is 1. The molecule has 1 fully saturated rings. The fraction of sp³-hybridized carbons (Fsp3) is 0.900. The largest absolute Gasteiger partial charge is 0.342 e. The van der Waals surface area contributed by atoms with Crippen molar-refractivity contribution in [2.45, 2.75) is 32.6 Å². The molecule has 1 atom stereocenters. The molecule has 1 unspecified atom stereocenters. The highest BCUT2D eigenvalue weighted by Crippen LogP contribution is 2.17. The minimum absolute atomic E-state index is 0.254. The Bertz CT molecular complexity index is 172. The van der Waals surface area contributed by atoms with E-state index in [-0.39, 0.29) is 5.92 Å². The predicted octanol–water partition coefficient (Wildman–Crippen LogP) is 1.95. The van der Waals surface area contributed by atoms with Gasteiger partial charge in [-0.05, 0) is 31.4 Å². The number of likely N-dealkylation sites (tertiary alicyclic amines) is 1. The zero-order chi connectivity index (χ0) is 9.68. The maximum atomic E-state index is 11.6. The molecule has 0 aliphatic carbocycles.